The average molecular weight is 441 g/mol. The van der Waals surface area contributed by atoms with E-state index in [9.17, 15) is 8.78 Å². The number of aromatic nitrogens is 1. The van der Waals surface area contributed by atoms with Crippen LogP contribution >= 0.6 is 11.9 Å². The van der Waals surface area contributed by atoms with Crippen LogP contribution in [-0.4, -0.2) is 24.0 Å². The Hall–Kier alpha value is -2.64. The molecular weight excluding hydrogens is 414 g/mol. The number of benzene rings is 2. The van der Waals surface area contributed by atoms with Gasteiger partial charge in [-0.2, -0.15) is 0 Å². The maximum Gasteiger partial charge on any atom is 0.249 e. The fourth-order valence-electron chi connectivity index (χ4n) is 3.91. The van der Waals surface area contributed by atoms with Crippen LogP contribution in [0.1, 0.15) is 30.4 Å². The van der Waals surface area contributed by atoms with Gasteiger partial charge in [0.1, 0.15) is 5.82 Å². The molecule has 4 rings (SSSR count). The molecule has 0 bridgehead atoms. The molecule has 2 aromatic carbocycles. The molecule has 7 heteroatoms. The van der Waals surface area contributed by atoms with Gasteiger partial charge in [-0.3, -0.25) is 5.14 Å². The Morgan fingerprint density at radius 2 is 2.00 bits per heavy atom. The summed E-state index contributed by atoms with van der Waals surface area (Å²) >= 11 is 1.18. The van der Waals surface area contributed by atoms with Crippen molar-refractivity contribution in [1.29, 1.82) is 0 Å². The molecule has 0 aliphatic carbocycles. The first-order valence-electron chi connectivity index (χ1n) is 10.3. The molecule has 0 radical (unpaired) electrons. The lowest BCUT2D eigenvalue weighted by atomic mass is 10.1. The van der Waals surface area contributed by atoms with Gasteiger partial charge in [-0.25, -0.2) is 13.8 Å². The molecule has 3 aromatic rings. The number of nitrogens with two attached hydrogens (primary N) is 1. The van der Waals surface area contributed by atoms with E-state index in [1.165, 1.54) is 11.9 Å². The van der Waals surface area contributed by atoms with E-state index in [2.05, 4.69) is 18.0 Å². The largest absolute Gasteiger partial charge is 0.356 e. The Bertz CT molecular complexity index is 1120. The van der Waals surface area contributed by atoms with Gasteiger partial charge < -0.3 is 10.2 Å². The van der Waals surface area contributed by atoms with Crippen LogP contribution < -0.4 is 15.4 Å². The van der Waals surface area contributed by atoms with Crippen molar-refractivity contribution >= 4 is 40.1 Å². The number of nitrogens with one attached hydrogen (secondary N) is 1. The number of hydrogen-bond donors (Lipinski definition) is 2. The van der Waals surface area contributed by atoms with E-state index in [-0.39, 0.29) is 19.4 Å². The third-order valence-corrected chi connectivity index (χ3v) is 6.08. The lowest BCUT2D eigenvalue weighted by Crippen LogP contribution is -2.28. The summed E-state index contributed by atoms with van der Waals surface area (Å²) in [5.41, 5.74) is 4.32. The van der Waals surface area contributed by atoms with E-state index in [1.807, 2.05) is 54.3 Å². The molecule has 0 saturated carbocycles. The first-order chi connectivity index (χ1) is 14.8. The van der Waals surface area contributed by atoms with E-state index in [0.717, 1.165) is 32.6 Å². The predicted octanol–water partition coefficient (Wildman–Crippen LogP) is 6.22. The van der Waals surface area contributed by atoms with Crippen LogP contribution in [0.25, 0.3) is 16.6 Å². The second kappa shape index (κ2) is 8.85. The number of pyridine rings is 1. The van der Waals surface area contributed by atoms with Crippen molar-refractivity contribution in [2.24, 2.45) is 5.14 Å². The van der Waals surface area contributed by atoms with Crippen molar-refractivity contribution in [3.05, 3.63) is 66.2 Å². The van der Waals surface area contributed by atoms with Crippen molar-refractivity contribution < 1.29 is 8.78 Å². The van der Waals surface area contributed by atoms with Crippen molar-refractivity contribution in [1.82, 2.24) is 4.98 Å². The summed E-state index contributed by atoms with van der Waals surface area (Å²) in [6, 6.07) is 15.8. The third-order valence-electron chi connectivity index (χ3n) is 5.56. The standard InChI is InChI=1S/C24H26F2N4S/c1-16-7-8-22-18(13-16)14-21(17(2)28-19-5-3-6-20(15-19)31-27)23(29-22)30-11-4-9-24(25,26)10-12-30/h3,5-8,13-15,28H,2,4,9-12,27H2,1H3. The van der Waals surface area contributed by atoms with Gasteiger partial charge in [-0.05, 0) is 61.7 Å². The molecule has 2 heterocycles. The molecular formula is C24H26F2N4S. The third kappa shape index (κ3) is 4.99. The van der Waals surface area contributed by atoms with Crippen molar-refractivity contribution in [2.75, 3.05) is 23.3 Å². The second-order valence-electron chi connectivity index (χ2n) is 8.00. The molecule has 1 saturated heterocycles. The predicted molar refractivity (Wildman–Crippen MR) is 127 cm³/mol. The van der Waals surface area contributed by atoms with Crippen LogP contribution in [0, 0.1) is 6.92 Å². The lowest BCUT2D eigenvalue weighted by molar-refractivity contribution is -0.0102. The minimum Gasteiger partial charge on any atom is -0.356 e. The highest BCUT2D eigenvalue weighted by molar-refractivity contribution is 7.97. The summed E-state index contributed by atoms with van der Waals surface area (Å²) in [6.45, 7) is 7.09. The molecule has 4 nitrogen and oxygen atoms in total. The lowest BCUT2D eigenvalue weighted by Gasteiger charge is -2.26. The molecule has 1 aliphatic heterocycles. The van der Waals surface area contributed by atoms with E-state index >= 15 is 0 Å². The van der Waals surface area contributed by atoms with Gasteiger partial charge >= 0.3 is 0 Å². The van der Waals surface area contributed by atoms with Gasteiger partial charge in [0.05, 0.1) is 5.52 Å². The van der Waals surface area contributed by atoms with Gasteiger partial charge in [0.2, 0.25) is 5.92 Å². The molecule has 1 aromatic heterocycles. The van der Waals surface area contributed by atoms with Gasteiger partial charge in [-0.15, -0.1) is 0 Å². The quantitative estimate of drug-likeness (QED) is 0.462. The van der Waals surface area contributed by atoms with Gasteiger partial charge in [0, 0.05) is 53.2 Å². The molecule has 162 valence electrons. The van der Waals surface area contributed by atoms with Crippen LogP contribution in [0.5, 0.6) is 0 Å². The van der Waals surface area contributed by atoms with E-state index in [0.29, 0.717) is 24.5 Å². The van der Waals surface area contributed by atoms with E-state index in [1.54, 1.807) is 0 Å². The second-order valence-corrected chi connectivity index (χ2v) is 8.71. The molecule has 0 atom stereocenters. The van der Waals surface area contributed by atoms with Crippen LogP contribution in [0.2, 0.25) is 0 Å². The van der Waals surface area contributed by atoms with Gasteiger partial charge in [0.15, 0.2) is 0 Å². The number of anilines is 2. The first kappa shape index (κ1) is 21.6. The van der Waals surface area contributed by atoms with Crippen LogP contribution in [0.4, 0.5) is 20.3 Å². The van der Waals surface area contributed by atoms with E-state index in [4.69, 9.17) is 10.1 Å². The maximum absolute atomic E-state index is 14.0. The van der Waals surface area contributed by atoms with Gasteiger partial charge in [0.25, 0.3) is 0 Å². The van der Waals surface area contributed by atoms with E-state index < -0.39 is 5.92 Å². The number of halogens is 2. The van der Waals surface area contributed by atoms with Crippen molar-refractivity contribution in [3.63, 3.8) is 0 Å². The normalized spacial score (nSPS) is 16.2. The molecule has 0 amide bonds. The number of fused-ring (bicyclic) bond motifs is 1. The minimum atomic E-state index is -2.63. The van der Waals surface area contributed by atoms with Crippen molar-refractivity contribution in [3.8, 4) is 0 Å². The summed E-state index contributed by atoms with van der Waals surface area (Å²) in [5, 5.41) is 10.0. The molecule has 0 spiro atoms. The number of alkyl halides is 2. The summed E-state index contributed by atoms with van der Waals surface area (Å²) < 4.78 is 28.0. The topological polar surface area (TPSA) is 54.2 Å². The SMILES string of the molecule is C=C(Nc1cccc(SN)c1)c1cc2cc(C)ccc2nc1N1CCCC(F)(F)CC1. The highest BCUT2D eigenvalue weighted by atomic mass is 32.2. The zero-order valence-electron chi connectivity index (χ0n) is 17.5. The zero-order valence-corrected chi connectivity index (χ0v) is 18.3. The molecule has 31 heavy (non-hydrogen) atoms. The van der Waals surface area contributed by atoms with Crippen molar-refractivity contribution in [2.45, 2.75) is 37.0 Å². The Morgan fingerprint density at radius 1 is 1.16 bits per heavy atom. The first-order valence-corrected chi connectivity index (χ1v) is 11.2. The summed E-state index contributed by atoms with van der Waals surface area (Å²) in [4.78, 5) is 7.78. The molecule has 1 fully saturated rings. The van der Waals surface area contributed by atoms with Crippen LogP contribution in [0.3, 0.4) is 0 Å². The Morgan fingerprint density at radius 3 is 2.81 bits per heavy atom. The van der Waals surface area contributed by atoms with Crippen LogP contribution in [0.15, 0.2) is 60.0 Å². The summed E-state index contributed by atoms with van der Waals surface area (Å²) in [7, 11) is 0. The monoisotopic (exact) mass is 440 g/mol. The Labute approximate surface area is 185 Å². The number of nitrogens with zero attached hydrogens (tertiary/aromatic N) is 2. The summed E-state index contributed by atoms with van der Waals surface area (Å²) in [5.74, 6) is -1.94. The maximum atomic E-state index is 14.0. The zero-order chi connectivity index (χ0) is 22.0. The highest BCUT2D eigenvalue weighted by Gasteiger charge is 2.32. The fraction of sp³-hybridized carbons (Fsp3) is 0.292. The highest BCUT2D eigenvalue weighted by Crippen LogP contribution is 2.34. The average Bonchev–Trinajstić information content (AvgIpc) is 2.93. The number of aryl methyl sites for hydroxylation is 1. The fourth-order valence-corrected chi connectivity index (χ4v) is 4.27. The minimum absolute atomic E-state index is 0.0889. The molecule has 3 N–H and O–H groups in total. The smallest absolute Gasteiger partial charge is 0.249 e. The molecule has 1 aliphatic rings. The number of rotatable bonds is 5. The van der Waals surface area contributed by atoms with Gasteiger partial charge in [-0.1, -0.05) is 24.3 Å². The molecule has 0 unspecified atom stereocenters. The Balaban J connectivity index is 1.74. The summed E-state index contributed by atoms with van der Waals surface area (Å²) in [6.07, 6.45) is 0.166. The van der Waals surface area contributed by atoms with Crippen LogP contribution in [-0.2, 0) is 0 Å². The Kier molecular flexibility index (Phi) is 6.16. The number of hydrogen-bond acceptors (Lipinski definition) is 5.